The lowest BCUT2D eigenvalue weighted by atomic mass is 10.1. The number of primary amides is 1. The van der Waals surface area contributed by atoms with Crippen LogP contribution < -0.4 is 21.5 Å². The van der Waals surface area contributed by atoms with Gasteiger partial charge >= 0.3 is 0 Å². The fraction of sp³-hybridized carbons (Fsp3) is 0.250. The molecule has 0 unspecified atom stereocenters. The summed E-state index contributed by atoms with van der Waals surface area (Å²) in [5, 5.41) is 10.8. The number of nitrogen functional groups attached to an aromatic ring is 1. The summed E-state index contributed by atoms with van der Waals surface area (Å²) in [4.78, 5) is 22.5. The molecule has 0 atom stereocenters. The first-order valence-corrected chi connectivity index (χ1v) is 5.50. The highest BCUT2D eigenvalue weighted by molar-refractivity contribution is 5.96. The van der Waals surface area contributed by atoms with Crippen molar-refractivity contribution in [3.8, 4) is 11.8 Å². The first-order chi connectivity index (χ1) is 9.04. The van der Waals surface area contributed by atoms with Crippen molar-refractivity contribution in [2.75, 3.05) is 18.9 Å². The van der Waals surface area contributed by atoms with E-state index in [1.54, 1.807) is 0 Å². The monoisotopic (exact) mass is 262 g/mol. The number of nitriles is 1. The highest BCUT2D eigenvalue weighted by Crippen LogP contribution is 2.20. The van der Waals surface area contributed by atoms with Gasteiger partial charge in [-0.1, -0.05) is 0 Å². The highest BCUT2D eigenvalue weighted by Gasteiger charge is 2.11. The average Bonchev–Trinajstić information content (AvgIpc) is 2.37. The van der Waals surface area contributed by atoms with Crippen LogP contribution in [0.15, 0.2) is 18.2 Å². The Morgan fingerprint density at radius 2 is 2.16 bits per heavy atom. The molecule has 0 aromatic heterocycles. The van der Waals surface area contributed by atoms with Crippen molar-refractivity contribution < 1.29 is 14.3 Å². The van der Waals surface area contributed by atoms with Gasteiger partial charge in [0.15, 0.2) is 6.61 Å². The van der Waals surface area contributed by atoms with Crippen molar-refractivity contribution in [1.82, 2.24) is 5.32 Å². The van der Waals surface area contributed by atoms with Gasteiger partial charge in [0.2, 0.25) is 0 Å². The number of anilines is 1. The largest absolute Gasteiger partial charge is 0.483 e. The summed E-state index contributed by atoms with van der Waals surface area (Å²) in [6, 6.07) is 6.28. The second-order valence-corrected chi connectivity index (χ2v) is 3.67. The van der Waals surface area contributed by atoms with E-state index in [4.69, 9.17) is 21.5 Å². The molecule has 0 aliphatic rings. The third-order valence-corrected chi connectivity index (χ3v) is 2.19. The minimum absolute atomic E-state index is 0.116. The number of carbonyl (C=O) groups excluding carboxylic acids is 2. The first kappa shape index (κ1) is 14.3. The topological polar surface area (TPSA) is 131 Å². The number of nitrogens with two attached hydrogens (primary N) is 2. The van der Waals surface area contributed by atoms with Crippen molar-refractivity contribution in [3.63, 3.8) is 0 Å². The zero-order valence-corrected chi connectivity index (χ0v) is 10.2. The molecular weight excluding hydrogens is 248 g/mol. The third-order valence-electron chi connectivity index (χ3n) is 2.19. The summed E-state index contributed by atoms with van der Waals surface area (Å²) in [6.07, 6.45) is 0.222. The molecule has 7 heteroatoms. The Kier molecular flexibility index (Phi) is 5.17. The van der Waals surface area contributed by atoms with Crippen LogP contribution in [0.2, 0.25) is 0 Å². The molecule has 0 fully saturated rings. The molecule has 0 heterocycles. The van der Waals surface area contributed by atoms with E-state index >= 15 is 0 Å². The second kappa shape index (κ2) is 6.86. The highest BCUT2D eigenvalue weighted by atomic mass is 16.5. The minimum Gasteiger partial charge on any atom is -0.483 e. The molecule has 2 amide bonds. The van der Waals surface area contributed by atoms with E-state index in [1.807, 2.05) is 6.07 Å². The Morgan fingerprint density at radius 1 is 1.42 bits per heavy atom. The molecule has 0 bridgehead atoms. The molecule has 0 saturated carbocycles. The molecule has 19 heavy (non-hydrogen) atoms. The minimum atomic E-state index is -0.688. The molecule has 100 valence electrons. The van der Waals surface area contributed by atoms with Crippen molar-refractivity contribution in [3.05, 3.63) is 23.8 Å². The van der Waals surface area contributed by atoms with Gasteiger partial charge in [-0.15, -0.1) is 0 Å². The van der Waals surface area contributed by atoms with Gasteiger partial charge in [-0.3, -0.25) is 9.59 Å². The molecule has 0 aliphatic heterocycles. The zero-order valence-electron chi connectivity index (χ0n) is 10.2. The number of amides is 2. The number of hydrogen-bond donors (Lipinski definition) is 3. The second-order valence-electron chi connectivity index (χ2n) is 3.67. The molecule has 0 radical (unpaired) electrons. The molecule has 1 rings (SSSR count). The van der Waals surface area contributed by atoms with Crippen molar-refractivity contribution in [2.24, 2.45) is 5.73 Å². The number of rotatable bonds is 6. The smallest absolute Gasteiger partial charge is 0.257 e. The van der Waals surface area contributed by atoms with Gasteiger partial charge in [0.05, 0.1) is 18.1 Å². The van der Waals surface area contributed by atoms with Gasteiger partial charge in [0, 0.05) is 12.2 Å². The summed E-state index contributed by atoms with van der Waals surface area (Å²) < 4.78 is 5.19. The number of nitrogens with one attached hydrogen (secondary N) is 1. The van der Waals surface area contributed by atoms with E-state index < -0.39 is 5.91 Å². The summed E-state index contributed by atoms with van der Waals surface area (Å²) in [6.45, 7) is -0.0151. The van der Waals surface area contributed by atoms with Gasteiger partial charge < -0.3 is 21.5 Å². The Bertz CT molecular complexity index is 522. The standard InChI is InChI=1S/C12H14N4O3/c13-4-1-5-16-11(17)7-19-10-3-2-8(14)6-9(10)12(15)18/h2-3,6H,1,5,7,14H2,(H2,15,18)(H,16,17). The lowest BCUT2D eigenvalue weighted by Crippen LogP contribution is -2.30. The lowest BCUT2D eigenvalue weighted by molar-refractivity contribution is -0.123. The van der Waals surface area contributed by atoms with Crippen LogP contribution in [0, 0.1) is 11.3 Å². The maximum atomic E-state index is 11.4. The molecule has 0 spiro atoms. The van der Waals surface area contributed by atoms with Gasteiger partial charge in [-0.25, -0.2) is 0 Å². The summed E-state index contributed by atoms with van der Waals surface area (Å²) >= 11 is 0. The van der Waals surface area contributed by atoms with E-state index in [0.29, 0.717) is 5.69 Å². The first-order valence-electron chi connectivity index (χ1n) is 5.50. The van der Waals surface area contributed by atoms with E-state index in [9.17, 15) is 9.59 Å². The molecular formula is C12H14N4O3. The van der Waals surface area contributed by atoms with Crippen LogP contribution in [0.5, 0.6) is 5.75 Å². The fourth-order valence-corrected chi connectivity index (χ4v) is 1.32. The van der Waals surface area contributed by atoms with Crippen LogP contribution in [0.3, 0.4) is 0 Å². The number of nitrogens with zero attached hydrogens (tertiary/aromatic N) is 1. The van der Waals surface area contributed by atoms with E-state index in [-0.39, 0.29) is 36.8 Å². The quantitative estimate of drug-likeness (QED) is 0.481. The van der Waals surface area contributed by atoms with E-state index in [0.717, 1.165) is 0 Å². The van der Waals surface area contributed by atoms with E-state index in [1.165, 1.54) is 18.2 Å². The van der Waals surface area contributed by atoms with Gasteiger partial charge in [0.25, 0.3) is 11.8 Å². The van der Waals surface area contributed by atoms with Crippen molar-refractivity contribution in [2.45, 2.75) is 6.42 Å². The van der Waals surface area contributed by atoms with E-state index in [2.05, 4.69) is 5.32 Å². The summed E-state index contributed by atoms with van der Waals surface area (Å²) in [7, 11) is 0. The van der Waals surface area contributed by atoms with Crippen molar-refractivity contribution >= 4 is 17.5 Å². The van der Waals surface area contributed by atoms with Crippen LogP contribution in [0.25, 0.3) is 0 Å². The molecule has 1 aromatic carbocycles. The number of benzene rings is 1. The predicted octanol–water partition coefficient (Wildman–Crippen LogP) is -0.224. The molecule has 1 aromatic rings. The number of hydrogen-bond acceptors (Lipinski definition) is 5. The molecule has 7 nitrogen and oxygen atoms in total. The average molecular weight is 262 g/mol. The fourth-order valence-electron chi connectivity index (χ4n) is 1.32. The Labute approximate surface area is 110 Å². The Morgan fingerprint density at radius 3 is 2.79 bits per heavy atom. The predicted molar refractivity (Wildman–Crippen MR) is 68.1 cm³/mol. The maximum Gasteiger partial charge on any atom is 0.257 e. The van der Waals surface area contributed by atoms with Crippen LogP contribution in [-0.4, -0.2) is 25.0 Å². The maximum absolute atomic E-state index is 11.4. The van der Waals surface area contributed by atoms with Crippen molar-refractivity contribution in [1.29, 1.82) is 5.26 Å². The van der Waals surface area contributed by atoms with Crippen LogP contribution >= 0.6 is 0 Å². The lowest BCUT2D eigenvalue weighted by Gasteiger charge is -2.10. The normalized spacial score (nSPS) is 9.42. The molecule has 5 N–H and O–H groups in total. The summed E-state index contributed by atoms with van der Waals surface area (Å²) in [5.41, 5.74) is 11.2. The van der Waals surface area contributed by atoms with Crippen LogP contribution in [-0.2, 0) is 4.79 Å². The van der Waals surface area contributed by atoms with Crippen LogP contribution in [0.4, 0.5) is 5.69 Å². The van der Waals surface area contributed by atoms with Gasteiger partial charge in [-0.05, 0) is 18.2 Å². The zero-order chi connectivity index (χ0) is 14.3. The van der Waals surface area contributed by atoms with Gasteiger partial charge in [0.1, 0.15) is 5.75 Å². The Hall–Kier alpha value is -2.75. The number of carbonyl (C=O) groups is 2. The van der Waals surface area contributed by atoms with Crippen LogP contribution in [0.1, 0.15) is 16.8 Å². The molecule has 0 aliphatic carbocycles. The Balaban J connectivity index is 2.60. The van der Waals surface area contributed by atoms with Gasteiger partial charge in [-0.2, -0.15) is 5.26 Å². The third kappa shape index (κ3) is 4.55. The summed E-state index contributed by atoms with van der Waals surface area (Å²) in [5.74, 6) is -0.883. The molecule has 0 saturated heterocycles. The number of ether oxygens (including phenoxy) is 1. The SMILES string of the molecule is N#CCCNC(=O)COc1ccc(N)cc1C(N)=O.